The molecule has 0 fully saturated rings. The Morgan fingerprint density at radius 1 is 1.40 bits per heavy atom. The largest absolute Gasteiger partial charge is 0.288 e. The van der Waals surface area contributed by atoms with Gasteiger partial charge in [0.2, 0.25) is 0 Å². The van der Waals surface area contributed by atoms with E-state index in [1.807, 2.05) is 0 Å². The Labute approximate surface area is 91.2 Å². The van der Waals surface area contributed by atoms with Gasteiger partial charge in [0.25, 0.3) is 0 Å². The van der Waals surface area contributed by atoms with Gasteiger partial charge >= 0.3 is 0 Å². The molecular formula is C11H10F2OS. The summed E-state index contributed by atoms with van der Waals surface area (Å²) in [5.41, 5.74) is 0.582. The van der Waals surface area contributed by atoms with Crippen LogP contribution < -0.4 is 0 Å². The monoisotopic (exact) mass is 228 g/mol. The zero-order valence-electron chi connectivity index (χ0n) is 8.17. The van der Waals surface area contributed by atoms with Gasteiger partial charge < -0.3 is 0 Å². The maximum Gasteiger partial charge on any atom is 0.186 e. The van der Waals surface area contributed by atoms with E-state index in [0.29, 0.717) is 11.3 Å². The Balaban J connectivity index is 2.57. The Morgan fingerprint density at radius 2 is 2.13 bits per heavy atom. The van der Waals surface area contributed by atoms with Crippen molar-refractivity contribution in [1.82, 2.24) is 0 Å². The topological polar surface area (TPSA) is 17.1 Å². The molecule has 15 heavy (non-hydrogen) atoms. The van der Waals surface area contributed by atoms with Gasteiger partial charge in [-0.05, 0) is 17.7 Å². The molecule has 0 N–H and O–H groups in total. The average Bonchev–Trinajstić information content (AvgIpc) is 2.18. The fraction of sp³-hybridized carbons (Fsp3) is 0.182. The summed E-state index contributed by atoms with van der Waals surface area (Å²) in [7, 11) is 0. The van der Waals surface area contributed by atoms with Gasteiger partial charge in [-0.25, -0.2) is 8.78 Å². The molecule has 0 unspecified atom stereocenters. The lowest BCUT2D eigenvalue weighted by Crippen LogP contribution is -1.84. The van der Waals surface area contributed by atoms with Crippen LogP contribution in [-0.4, -0.2) is 10.9 Å². The van der Waals surface area contributed by atoms with E-state index in [0.717, 1.165) is 23.9 Å². The summed E-state index contributed by atoms with van der Waals surface area (Å²) in [6.07, 6.45) is 3.39. The number of carbonyl (C=O) groups is 1. The fourth-order valence-corrected chi connectivity index (χ4v) is 1.39. The zero-order chi connectivity index (χ0) is 11.3. The van der Waals surface area contributed by atoms with E-state index in [1.165, 1.54) is 13.0 Å². The SMILES string of the molecule is CC(=O)SCC=Cc1ccc(F)c(F)c1. The summed E-state index contributed by atoms with van der Waals surface area (Å²) in [5, 5.41) is 0.0323. The predicted octanol–water partition coefficient (Wildman–Crippen LogP) is 3.26. The van der Waals surface area contributed by atoms with Crippen LogP contribution in [0.2, 0.25) is 0 Å². The Bertz CT molecular complexity index is 388. The highest BCUT2D eigenvalue weighted by molar-refractivity contribution is 8.13. The van der Waals surface area contributed by atoms with Crippen LogP contribution in [0.3, 0.4) is 0 Å². The Hall–Kier alpha value is -1.16. The van der Waals surface area contributed by atoms with Crippen LogP contribution in [0.5, 0.6) is 0 Å². The molecule has 80 valence electrons. The van der Waals surface area contributed by atoms with Crippen molar-refractivity contribution in [2.75, 3.05) is 5.75 Å². The number of hydrogen-bond acceptors (Lipinski definition) is 2. The minimum Gasteiger partial charge on any atom is -0.288 e. The normalized spacial score (nSPS) is 10.9. The smallest absolute Gasteiger partial charge is 0.186 e. The number of hydrogen-bond donors (Lipinski definition) is 0. The van der Waals surface area contributed by atoms with Crippen molar-refractivity contribution in [2.24, 2.45) is 0 Å². The fourth-order valence-electron chi connectivity index (χ4n) is 0.966. The van der Waals surface area contributed by atoms with Crippen LogP contribution >= 0.6 is 11.8 Å². The molecule has 0 aromatic heterocycles. The Kier molecular flexibility index (Phi) is 4.49. The van der Waals surface area contributed by atoms with E-state index in [9.17, 15) is 13.6 Å². The van der Waals surface area contributed by atoms with Crippen molar-refractivity contribution >= 4 is 23.0 Å². The quantitative estimate of drug-likeness (QED) is 0.789. The zero-order valence-corrected chi connectivity index (χ0v) is 8.98. The van der Waals surface area contributed by atoms with E-state index < -0.39 is 11.6 Å². The minimum atomic E-state index is -0.864. The maximum absolute atomic E-state index is 12.7. The summed E-state index contributed by atoms with van der Waals surface area (Å²) >= 11 is 1.16. The van der Waals surface area contributed by atoms with Gasteiger partial charge in [0.05, 0.1) is 0 Å². The minimum absolute atomic E-state index is 0.0323. The molecule has 0 saturated carbocycles. The molecule has 0 aliphatic carbocycles. The molecule has 0 spiro atoms. The molecule has 0 radical (unpaired) electrons. The summed E-state index contributed by atoms with van der Waals surface area (Å²) < 4.78 is 25.3. The molecule has 1 aromatic carbocycles. The molecule has 1 aromatic rings. The maximum atomic E-state index is 12.7. The van der Waals surface area contributed by atoms with E-state index in [2.05, 4.69) is 0 Å². The second kappa shape index (κ2) is 5.66. The highest BCUT2D eigenvalue weighted by Gasteiger charge is 1.99. The number of rotatable bonds is 3. The Morgan fingerprint density at radius 3 is 2.73 bits per heavy atom. The summed E-state index contributed by atoms with van der Waals surface area (Å²) in [6.45, 7) is 1.48. The van der Waals surface area contributed by atoms with Crippen molar-refractivity contribution in [3.05, 3.63) is 41.5 Å². The molecule has 4 heteroatoms. The molecule has 0 bridgehead atoms. The third kappa shape index (κ3) is 4.25. The van der Waals surface area contributed by atoms with E-state index >= 15 is 0 Å². The molecule has 1 nitrogen and oxygen atoms in total. The third-order valence-electron chi connectivity index (χ3n) is 1.64. The molecular weight excluding hydrogens is 218 g/mol. The first-order valence-corrected chi connectivity index (χ1v) is 5.33. The van der Waals surface area contributed by atoms with Crippen LogP contribution in [0, 0.1) is 11.6 Å². The van der Waals surface area contributed by atoms with Crippen molar-refractivity contribution in [1.29, 1.82) is 0 Å². The highest BCUT2D eigenvalue weighted by Crippen LogP contribution is 2.10. The van der Waals surface area contributed by atoms with Crippen molar-refractivity contribution in [3.8, 4) is 0 Å². The second-order valence-electron chi connectivity index (χ2n) is 2.88. The number of benzene rings is 1. The highest BCUT2D eigenvalue weighted by atomic mass is 32.2. The molecule has 1 rings (SSSR count). The average molecular weight is 228 g/mol. The van der Waals surface area contributed by atoms with Gasteiger partial charge in [-0.2, -0.15) is 0 Å². The van der Waals surface area contributed by atoms with Crippen LogP contribution in [0.1, 0.15) is 12.5 Å². The summed E-state index contributed by atoms with van der Waals surface area (Å²) in [5.74, 6) is -1.18. The lowest BCUT2D eigenvalue weighted by molar-refractivity contribution is -0.109. The number of thioether (sulfide) groups is 1. The standard InChI is InChI=1S/C11H10F2OS/c1-8(14)15-6-2-3-9-4-5-10(12)11(13)7-9/h2-5,7H,6H2,1H3. The molecule has 0 aliphatic rings. The second-order valence-corrected chi connectivity index (χ2v) is 4.08. The van der Waals surface area contributed by atoms with Crippen LogP contribution in [0.4, 0.5) is 8.78 Å². The van der Waals surface area contributed by atoms with Gasteiger partial charge in [0.1, 0.15) is 0 Å². The van der Waals surface area contributed by atoms with Gasteiger partial charge in [-0.3, -0.25) is 4.79 Å². The van der Waals surface area contributed by atoms with Crippen molar-refractivity contribution < 1.29 is 13.6 Å². The van der Waals surface area contributed by atoms with Gasteiger partial charge in [-0.15, -0.1) is 0 Å². The number of halogens is 2. The lowest BCUT2D eigenvalue weighted by atomic mass is 10.2. The van der Waals surface area contributed by atoms with Crippen LogP contribution in [0.15, 0.2) is 24.3 Å². The molecule has 0 heterocycles. The molecule has 0 aliphatic heterocycles. The molecule has 0 saturated heterocycles. The first kappa shape index (κ1) is 11.9. The van der Waals surface area contributed by atoms with Crippen molar-refractivity contribution in [2.45, 2.75) is 6.92 Å². The van der Waals surface area contributed by atoms with Crippen LogP contribution in [-0.2, 0) is 4.79 Å². The first-order valence-electron chi connectivity index (χ1n) is 4.34. The van der Waals surface area contributed by atoms with E-state index in [4.69, 9.17) is 0 Å². The number of carbonyl (C=O) groups excluding carboxylic acids is 1. The molecule has 0 atom stereocenters. The van der Waals surface area contributed by atoms with Gasteiger partial charge in [0.15, 0.2) is 16.7 Å². The molecule has 0 amide bonds. The first-order chi connectivity index (χ1) is 7.09. The predicted molar refractivity (Wildman–Crippen MR) is 58.5 cm³/mol. The van der Waals surface area contributed by atoms with E-state index in [1.54, 1.807) is 12.2 Å². The lowest BCUT2D eigenvalue weighted by Gasteiger charge is -1.95. The third-order valence-corrected chi connectivity index (χ3v) is 2.40. The summed E-state index contributed by atoms with van der Waals surface area (Å²) in [4.78, 5) is 10.6. The van der Waals surface area contributed by atoms with Gasteiger partial charge in [-0.1, -0.05) is 30.0 Å². The van der Waals surface area contributed by atoms with Crippen molar-refractivity contribution in [3.63, 3.8) is 0 Å². The van der Waals surface area contributed by atoms with Crippen LogP contribution in [0.25, 0.3) is 6.08 Å². The summed E-state index contributed by atoms with van der Waals surface area (Å²) in [6, 6.07) is 3.67. The van der Waals surface area contributed by atoms with E-state index in [-0.39, 0.29) is 5.12 Å². The van der Waals surface area contributed by atoms with Gasteiger partial charge in [0, 0.05) is 12.7 Å².